The fraction of sp³-hybridized carbons (Fsp3) is 0.714. The van der Waals surface area contributed by atoms with Gasteiger partial charge in [0.15, 0.2) is 0 Å². The summed E-state index contributed by atoms with van der Waals surface area (Å²) in [5, 5.41) is 0. The largest absolute Gasteiger partial charge is 0.383 e. The van der Waals surface area contributed by atoms with Gasteiger partial charge in [-0.25, -0.2) is 0 Å². The lowest BCUT2D eigenvalue weighted by atomic mass is 9.88. The number of amides is 2. The first-order valence-corrected chi connectivity index (χ1v) is 10.2. The number of hydrogen-bond donors (Lipinski definition) is 0. The Kier molecular flexibility index (Phi) is 9.50. The van der Waals surface area contributed by atoms with E-state index in [0.29, 0.717) is 32.8 Å². The lowest BCUT2D eigenvalue weighted by molar-refractivity contribution is -0.144. The second kappa shape index (κ2) is 11.9. The zero-order valence-corrected chi connectivity index (χ0v) is 17.6. The minimum atomic E-state index is -0.0569. The molecule has 0 saturated heterocycles. The van der Waals surface area contributed by atoms with Gasteiger partial charge in [-0.15, -0.1) is 0 Å². The first-order valence-electron chi connectivity index (χ1n) is 10.2. The molecule has 1 fully saturated rings. The average Bonchev–Trinajstić information content (AvgIpc) is 3.12. The van der Waals surface area contributed by atoms with Crippen LogP contribution in [0, 0.1) is 5.92 Å². The molecule has 0 spiro atoms. The van der Waals surface area contributed by atoms with Crippen LogP contribution in [0.15, 0.2) is 18.3 Å². The maximum absolute atomic E-state index is 13.1. The fourth-order valence-corrected chi connectivity index (χ4v) is 3.69. The summed E-state index contributed by atoms with van der Waals surface area (Å²) in [6.45, 7) is 2.43. The number of methoxy groups -OCH3 is 2. The number of carbonyl (C=O) groups is 2. The molecular formula is C21H35N3O4. The standard InChI is InChI=1S/C21H35N3O4/c1-22-11-7-10-19(22)16-23(12-14-27-2)20(25)17-24(13-15-28-3)21(26)18-8-5-4-6-9-18/h7,10-11,18H,4-6,8-9,12-17H2,1-3H3. The molecule has 1 aromatic heterocycles. The van der Waals surface area contributed by atoms with E-state index in [9.17, 15) is 9.59 Å². The number of aryl methyl sites for hydroxylation is 1. The molecule has 7 heteroatoms. The van der Waals surface area contributed by atoms with E-state index in [0.717, 1.165) is 31.4 Å². The maximum Gasteiger partial charge on any atom is 0.242 e. The number of hydrogen-bond acceptors (Lipinski definition) is 4. The molecule has 158 valence electrons. The summed E-state index contributed by atoms with van der Waals surface area (Å²) in [5.41, 5.74) is 1.05. The van der Waals surface area contributed by atoms with Gasteiger partial charge in [0, 0.05) is 52.2 Å². The first-order chi connectivity index (χ1) is 13.6. The molecule has 1 aliphatic carbocycles. The molecule has 0 N–H and O–H groups in total. The zero-order chi connectivity index (χ0) is 20.4. The van der Waals surface area contributed by atoms with Crippen molar-refractivity contribution >= 4 is 11.8 Å². The molecule has 0 unspecified atom stereocenters. The van der Waals surface area contributed by atoms with Gasteiger partial charge in [0.05, 0.1) is 26.3 Å². The van der Waals surface area contributed by atoms with Crippen molar-refractivity contribution in [3.63, 3.8) is 0 Å². The predicted molar refractivity (Wildman–Crippen MR) is 108 cm³/mol. The summed E-state index contributed by atoms with van der Waals surface area (Å²) in [6, 6.07) is 3.97. The van der Waals surface area contributed by atoms with Gasteiger partial charge >= 0.3 is 0 Å². The van der Waals surface area contributed by atoms with E-state index in [1.165, 1.54) is 6.42 Å². The van der Waals surface area contributed by atoms with Crippen LogP contribution in [-0.4, -0.2) is 73.2 Å². The summed E-state index contributed by atoms with van der Waals surface area (Å²) in [7, 11) is 5.21. The Labute approximate surface area is 168 Å². The lowest BCUT2D eigenvalue weighted by Gasteiger charge is -2.31. The zero-order valence-electron chi connectivity index (χ0n) is 17.6. The van der Waals surface area contributed by atoms with Crippen LogP contribution in [0.2, 0.25) is 0 Å². The molecule has 1 saturated carbocycles. The number of carbonyl (C=O) groups excluding carboxylic acids is 2. The van der Waals surface area contributed by atoms with Gasteiger partial charge in [0.25, 0.3) is 0 Å². The Morgan fingerprint density at radius 1 is 1.07 bits per heavy atom. The maximum atomic E-state index is 13.1. The van der Waals surface area contributed by atoms with E-state index in [-0.39, 0.29) is 24.3 Å². The highest BCUT2D eigenvalue weighted by Crippen LogP contribution is 2.25. The summed E-state index contributed by atoms with van der Waals surface area (Å²) in [4.78, 5) is 29.5. The SMILES string of the molecule is COCCN(Cc1cccn1C)C(=O)CN(CCOC)C(=O)C1CCCCC1. The summed E-state index contributed by atoms with van der Waals surface area (Å²) < 4.78 is 12.4. The van der Waals surface area contributed by atoms with Crippen LogP contribution >= 0.6 is 0 Å². The number of nitrogens with zero attached hydrogens (tertiary/aromatic N) is 3. The van der Waals surface area contributed by atoms with Crippen molar-refractivity contribution in [1.82, 2.24) is 14.4 Å². The van der Waals surface area contributed by atoms with Crippen molar-refractivity contribution in [2.24, 2.45) is 13.0 Å². The predicted octanol–water partition coefficient (Wildman–Crippen LogP) is 2.06. The molecule has 2 rings (SSSR count). The van der Waals surface area contributed by atoms with Crippen molar-refractivity contribution in [2.45, 2.75) is 38.6 Å². The topological polar surface area (TPSA) is 64.0 Å². The normalized spacial score (nSPS) is 14.8. The minimum absolute atomic E-state index is 0.0405. The molecule has 0 aliphatic heterocycles. The van der Waals surface area contributed by atoms with Crippen LogP contribution in [-0.2, 0) is 32.7 Å². The van der Waals surface area contributed by atoms with Gasteiger partial charge in [-0.3, -0.25) is 9.59 Å². The second-order valence-corrected chi connectivity index (χ2v) is 7.51. The minimum Gasteiger partial charge on any atom is -0.383 e. The summed E-state index contributed by atoms with van der Waals surface area (Å²) >= 11 is 0. The molecule has 0 bridgehead atoms. The first kappa shape index (κ1) is 22.4. The Morgan fingerprint density at radius 2 is 1.71 bits per heavy atom. The van der Waals surface area contributed by atoms with Crippen molar-refractivity contribution in [3.8, 4) is 0 Å². The van der Waals surface area contributed by atoms with Gasteiger partial charge in [-0.1, -0.05) is 19.3 Å². The number of rotatable bonds is 11. The highest BCUT2D eigenvalue weighted by atomic mass is 16.5. The van der Waals surface area contributed by atoms with Crippen molar-refractivity contribution in [2.75, 3.05) is 47.1 Å². The van der Waals surface area contributed by atoms with Crippen LogP contribution in [0.5, 0.6) is 0 Å². The second-order valence-electron chi connectivity index (χ2n) is 7.51. The van der Waals surface area contributed by atoms with Crippen LogP contribution in [0.1, 0.15) is 37.8 Å². The number of aromatic nitrogens is 1. The van der Waals surface area contributed by atoms with Crippen molar-refractivity contribution < 1.29 is 19.1 Å². The highest BCUT2D eigenvalue weighted by Gasteiger charge is 2.28. The highest BCUT2D eigenvalue weighted by molar-refractivity contribution is 5.86. The van der Waals surface area contributed by atoms with Crippen LogP contribution in [0.25, 0.3) is 0 Å². The molecule has 0 radical (unpaired) electrons. The Bertz CT molecular complexity index is 611. The summed E-state index contributed by atoms with van der Waals surface area (Å²) in [5.74, 6) is 0.0767. The molecule has 1 heterocycles. The third-order valence-electron chi connectivity index (χ3n) is 5.48. The van der Waals surface area contributed by atoms with Crippen molar-refractivity contribution in [3.05, 3.63) is 24.0 Å². The Hall–Kier alpha value is -1.86. The molecule has 2 amide bonds. The summed E-state index contributed by atoms with van der Waals surface area (Å²) in [6.07, 6.45) is 7.19. The molecule has 1 aliphatic rings. The van der Waals surface area contributed by atoms with Gasteiger partial charge < -0.3 is 23.8 Å². The molecule has 7 nitrogen and oxygen atoms in total. The number of ether oxygens (including phenoxy) is 2. The van der Waals surface area contributed by atoms with Gasteiger partial charge in [0.1, 0.15) is 0 Å². The van der Waals surface area contributed by atoms with E-state index >= 15 is 0 Å². The third kappa shape index (κ3) is 6.63. The molecule has 1 aromatic rings. The fourth-order valence-electron chi connectivity index (χ4n) is 3.69. The van der Waals surface area contributed by atoms with E-state index < -0.39 is 0 Å². The smallest absolute Gasteiger partial charge is 0.242 e. The van der Waals surface area contributed by atoms with Gasteiger partial charge in [0.2, 0.25) is 11.8 Å². The quantitative estimate of drug-likeness (QED) is 0.577. The van der Waals surface area contributed by atoms with Crippen LogP contribution in [0.4, 0.5) is 0 Å². The molecular weight excluding hydrogens is 358 g/mol. The Balaban J connectivity index is 2.05. The van der Waals surface area contributed by atoms with Crippen LogP contribution in [0.3, 0.4) is 0 Å². The van der Waals surface area contributed by atoms with Crippen LogP contribution < -0.4 is 0 Å². The molecule has 28 heavy (non-hydrogen) atoms. The molecule has 0 aromatic carbocycles. The monoisotopic (exact) mass is 393 g/mol. The average molecular weight is 394 g/mol. The van der Waals surface area contributed by atoms with E-state index in [1.807, 2.05) is 29.9 Å². The molecule has 0 atom stereocenters. The third-order valence-corrected chi connectivity index (χ3v) is 5.48. The Morgan fingerprint density at radius 3 is 2.29 bits per heavy atom. The van der Waals surface area contributed by atoms with Crippen molar-refractivity contribution in [1.29, 1.82) is 0 Å². The van der Waals surface area contributed by atoms with Gasteiger partial charge in [-0.05, 0) is 25.0 Å². The van der Waals surface area contributed by atoms with Gasteiger partial charge in [-0.2, -0.15) is 0 Å². The van der Waals surface area contributed by atoms with E-state index in [2.05, 4.69) is 0 Å². The van der Waals surface area contributed by atoms with E-state index in [4.69, 9.17) is 9.47 Å². The lowest BCUT2D eigenvalue weighted by Crippen LogP contribution is -2.47. The van der Waals surface area contributed by atoms with E-state index in [1.54, 1.807) is 24.0 Å².